The number of ether oxygens (including phenoxy) is 1. The lowest BCUT2D eigenvalue weighted by molar-refractivity contribution is 0.0158. The first kappa shape index (κ1) is 17.2. The summed E-state index contributed by atoms with van der Waals surface area (Å²) in [5.74, 6) is 1.45. The summed E-state index contributed by atoms with van der Waals surface area (Å²) < 4.78 is 7.16. The highest BCUT2D eigenvalue weighted by Gasteiger charge is 2.31. The van der Waals surface area contributed by atoms with E-state index in [0.29, 0.717) is 25.5 Å². The number of piperazine rings is 1. The Morgan fingerprint density at radius 1 is 1.24 bits per heavy atom. The second kappa shape index (κ2) is 6.70. The molecule has 0 aromatic carbocycles. The summed E-state index contributed by atoms with van der Waals surface area (Å²) in [6.07, 6.45) is 6.68. The van der Waals surface area contributed by atoms with Crippen molar-refractivity contribution in [2.45, 2.75) is 39.3 Å². The second-order valence-corrected chi connectivity index (χ2v) is 7.15. The Hall–Kier alpha value is -2.64. The van der Waals surface area contributed by atoms with Crippen LogP contribution in [0.1, 0.15) is 27.7 Å². The van der Waals surface area contributed by atoms with Crippen molar-refractivity contribution < 1.29 is 9.53 Å². The van der Waals surface area contributed by atoms with E-state index < -0.39 is 5.60 Å². The summed E-state index contributed by atoms with van der Waals surface area (Å²) in [7, 11) is 0. The molecule has 3 heterocycles. The van der Waals surface area contributed by atoms with Crippen molar-refractivity contribution in [1.82, 2.24) is 24.6 Å². The highest BCUT2D eigenvalue weighted by molar-refractivity contribution is 5.69. The van der Waals surface area contributed by atoms with Gasteiger partial charge in [-0.15, -0.1) is 0 Å². The van der Waals surface area contributed by atoms with E-state index in [1.54, 1.807) is 28.2 Å². The maximum Gasteiger partial charge on any atom is 0.410 e. The third-order valence-corrected chi connectivity index (χ3v) is 3.93. The van der Waals surface area contributed by atoms with Crippen LogP contribution in [0.15, 0.2) is 30.9 Å². The topological polar surface area (TPSA) is 76.4 Å². The molecule has 0 spiro atoms. The average Bonchev–Trinajstić information content (AvgIpc) is 3.07. The summed E-state index contributed by atoms with van der Waals surface area (Å²) in [4.78, 5) is 25.1. The Morgan fingerprint density at radius 3 is 2.64 bits per heavy atom. The minimum atomic E-state index is -0.489. The number of hydrogen-bond acceptors (Lipinski definition) is 6. The fraction of sp³-hybridized carbons (Fsp3) is 0.529. The molecule has 0 N–H and O–H groups in total. The standard InChI is InChI=1S/C17H24N6O2/c1-13-12-21(8-9-22(13)16(24)25-17(2,3)4)14-10-18-11-15(20-14)23-7-5-6-19-23/h5-7,10-11,13H,8-9,12H2,1-4H3/t13-/m0/s1. The molecule has 2 aromatic rings. The molecular weight excluding hydrogens is 320 g/mol. The van der Waals surface area contributed by atoms with Gasteiger partial charge in [0.15, 0.2) is 5.82 Å². The van der Waals surface area contributed by atoms with E-state index in [4.69, 9.17) is 4.74 Å². The molecule has 1 saturated heterocycles. The molecule has 0 radical (unpaired) electrons. The Balaban J connectivity index is 1.69. The second-order valence-electron chi connectivity index (χ2n) is 7.15. The Labute approximate surface area is 147 Å². The van der Waals surface area contributed by atoms with E-state index in [9.17, 15) is 4.79 Å². The summed E-state index contributed by atoms with van der Waals surface area (Å²) >= 11 is 0. The SMILES string of the molecule is C[C@H]1CN(c2cncc(-n3cccn3)n2)CCN1C(=O)OC(C)(C)C. The van der Waals surface area contributed by atoms with Crippen molar-refractivity contribution in [2.75, 3.05) is 24.5 Å². The molecule has 0 unspecified atom stereocenters. The van der Waals surface area contributed by atoms with Gasteiger partial charge in [-0.3, -0.25) is 4.98 Å². The van der Waals surface area contributed by atoms with Crippen LogP contribution in [0.3, 0.4) is 0 Å². The van der Waals surface area contributed by atoms with Crippen LogP contribution in [0, 0.1) is 0 Å². The molecule has 8 heteroatoms. The molecule has 2 aromatic heterocycles. The predicted molar refractivity (Wildman–Crippen MR) is 93.8 cm³/mol. The number of hydrogen-bond donors (Lipinski definition) is 0. The predicted octanol–water partition coefficient (Wildman–Crippen LogP) is 2.11. The highest BCUT2D eigenvalue weighted by Crippen LogP contribution is 2.19. The van der Waals surface area contributed by atoms with Gasteiger partial charge < -0.3 is 14.5 Å². The van der Waals surface area contributed by atoms with Gasteiger partial charge in [0, 0.05) is 38.1 Å². The molecule has 1 aliphatic rings. The molecule has 1 aliphatic heterocycles. The molecule has 3 rings (SSSR count). The number of amides is 1. The lowest BCUT2D eigenvalue weighted by Gasteiger charge is -2.40. The Kier molecular flexibility index (Phi) is 4.61. The van der Waals surface area contributed by atoms with Crippen molar-refractivity contribution >= 4 is 11.9 Å². The molecule has 1 amide bonds. The fourth-order valence-electron chi connectivity index (χ4n) is 2.77. The van der Waals surface area contributed by atoms with Crippen molar-refractivity contribution in [3.63, 3.8) is 0 Å². The van der Waals surface area contributed by atoms with Crippen LogP contribution in [-0.2, 0) is 4.74 Å². The van der Waals surface area contributed by atoms with E-state index in [2.05, 4.69) is 20.0 Å². The minimum Gasteiger partial charge on any atom is -0.444 e. The summed E-state index contributed by atoms with van der Waals surface area (Å²) in [6, 6.07) is 1.87. The van der Waals surface area contributed by atoms with Crippen LogP contribution in [0.4, 0.5) is 10.6 Å². The van der Waals surface area contributed by atoms with Gasteiger partial charge in [0.25, 0.3) is 0 Å². The first-order chi connectivity index (χ1) is 11.8. The van der Waals surface area contributed by atoms with Crippen molar-refractivity contribution in [2.24, 2.45) is 0 Å². The zero-order valence-corrected chi connectivity index (χ0v) is 15.1. The van der Waals surface area contributed by atoms with Crippen molar-refractivity contribution in [1.29, 1.82) is 0 Å². The van der Waals surface area contributed by atoms with Crippen LogP contribution in [-0.4, -0.2) is 62.0 Å². The van der Waals surface area contributed by atoms with Crippen LogP contribution in [0.5, 0.6) is 0 Å². The van der Waals surface area contributed by atoms with Gasteiger partial charge in [0.1, 0.15) is 11.4 Å². The van der Waals surface area contributed by atoms with Gasteiger partial charge in [-0.25, -0.2) is 14.5 Å². The quantitative estimate of drug-likeness (QED) is 0.830. The van der Waals surface area contributed by atoms with E-state index in [0.717, 1.165) is 5.82 Å². The third-order valence-electron chi connectivity index (χ3n) is 3.93. The fourth-order valence-corrected chi connectivity index (χ4v) is 2.77. The van der Waals surface area contributed by atoms with Crippen molar-refractivity contribution in [3.8, 4) is 5.82 Å². The highest BCUT2D eigenvalue weighted by atomic mass is 16.6. The van der Waals surface area contributed by atoms with E-state index in [1.807, 2.05) is 40.0 Å². The molecule has 1 fully saturated rings. The van der Waals surface area contributed by atoms with Crippen LogP contribution < -0.4 is 4.90 Å². The third kappa shape index (κ3) is 4.07. The van der Waals surface area contributed by atoms with Gasteiger partial charge in [0.2, 0.25) is 0 Å². The number of anilines is 1. The average molecular weight is 344 g/mol. The Morgan fingerprint density at radius 2 is 2.00 bits per heavy atom. The Bertz CT molecular complexity index is 725. The number of aromatic nitrogens is 4. The number of rotatable bonds is 2. The molecule has 1 atom stereocenters. The zero-order chi connectivity index (χ0) is 18.0. The normalized spacial score (nSPS) is 18.3. The van der Waals surface area contributed by atoms with E-state index >= 15 is 0 Å². The smallest absolute Gasteiger partial charge is 0.410 e. The molecule has 134 valence electrons. The largest absolute Gasteiger partial charge is 0.444 e. The minimum absolute atomic E-state index is 0.0266. The lowest BCUT2D eigenvalue weighted by Crippen LogP contribution is -2.55. The van der Waals surface area contributed by atoms with Gasteiger partial charge in [-0.2, -0.15) is 5.10 Å². The van der Waals surface area contributed by atoms with Gasteiger partial charge in [-0.1, -0.05) is 0 Å². The van der Waals surface area contributed by atoms with Crippen LogP contribution >= 0.6 is 0 Å². The van der Waals surface area contributed by atoms with E-state index in [1.165, 1.54) is 0 Å². The molecule has 8 nitrogen and oxygen atoms in total. The lowest BCUT2D eigenvalue weighted by atomic mass is 10.2. The van der Waals surface area contributed by atoms with Gasteiger partial charge >= 0.3 is 6.09 Å². The molecule has 0 aliphatic carbocycles. The molecule has 0 saturated carbocycles. The van der Waals surface area contributed by atoms with Gasteiger partial charge in [0.05, 0.1) is 12.4 Å². The monoisotopic (exact) mass is 344 g/mol. The van der Waals surface area contributed by atoms with Crippen LogP contribution in [0.2, 0.25) is 0 Å². The van der Waals surface area contributed by atoms with Crippen LogP contribution in [0.25, 0.3) is 5.82 Å². The summed E-state index contributed by atoms with van der Waals surface area (Å²) in [5.41, 5.74) is -0.489. The molecule has 0 bridgehead atoms. The summed E-state index contributed by atoms with van der Waals surface area (Å²) in [5, 5.41) is 4.18. The first-order valence-electron chi connectivity index (χ1n) is 8.40. The van der Waals surface area contributed by atoms with E-state index in [-0.39, 0.29) is 12.1 Å². The first-order valence-corrected chi connectivity index (χ1v) is 8.40. The molecule has 25 heavy (non-hydrogen) atoms. The van der Waals surface area contributed by atoms with Crippen molar-refractivity contribution in [3.05, 3.63) is 30.9 Å². The zero-order valence-electron chi connectivity index (χ0n) is 15.1. The summed E-state index contributed by atoms with van der Waals surface area (Å²) in [6.45, 7) is 9.59. The number of carbonyl (C=O) groups is 1. The number of nitrogens with zero attached hydrogens (tertiary/aromatic N) is 6. The molecular formula is C17H24N6O2. The maximum absolute atomic E-state index is 12.3. The van der Waals surface area contributed by atoms with Gasteiger partial charge in [-0.05, 0) is 33.8 Å². The number of carbonyl (C=O) groups excluding carboxylic acids is 1. The maximum atomic E-state index is 12.3.